The smallest absolute Gasteiger partial charge is 0.253 e. The Morgan fingerprint density at radius 2 is 2.05 bits per heavy atom. The van der Waals surface area contributed by atoms with Crippen molar-refractivity contribution in [3.8, 4) is 11.3 Å². The Bertz CT molecular complexity index is 839. The minimum atomic E-state index is 0.0517. The molecule has 0 aliphatic heterocycles. The number of nitrogens with one attached hydrogen (secondary N) is 2. The van der Waals surface area contributed by atoms with Crippen LogP contribution in [0.2, 0.25) is 0 Å². The lowest BCUT2D eigenvalue weighted by Crippen LogP contribution is -2.19. The molecule has 0 bridgehead atoms. The van der Waals surface area contributed by atoms with E-state index in [9.17, 15) is 4.79 Å². The molecule has 1 aliphatic carbocycles. The fraction of sp³-hybridized carbons (Fsp3) is 0.333. The van der Waals surface area contributed by atoms with E-state index in [1.54, 1.807) is 4.68 Å². The van der Waals surface area contributed by atoms with Gasteiger partial charge in [0.2, 0.25) is 0 Å². The number of aromatic amines is 2. The third-order valence-corrected chi connectivity index (χ3v) is 4.19. The van der Waals surface area contributed by atoms with Crippen molar-refractivity contribution in [1.29, 1.82) is 0 Å². The van der Waals surface area contributed by atoms with E-state index in [0.717, 1.165) is 53.5 Å². The molecule has 0 aromatic carbocycles. The van der Waals surface area contributed by atoms with Gasteiger partial charge in [-0.25, -0.2) is 0 Å². The van der Waals surface area contributed by atoms with Gasteiger partial charge in [0.05, 0.1) is 0 Å². The molecule has 5 nitrogen and oxygen atoms in total. The number of hydrogen-bond donors (Lipinski definition) is 2. The summed E-state index contributed by atoms with van der Waals surface area (Å²) in [6, 6.07) is 2.02. The first-order valence-corrected chi connectivity index (χ1v) is 6.99. The zero-order valence-electron chi connectivity index (χ0n) is 11.4. The van der Waals surface area contributed by atoms with Gasteiger partial charge in [-0.05, 0) is 37.3 Å². The maximum Gasteiger partial charge on any atom is 0.253 e. The molecule has 0 fully saturated rings. The largest absolute Gasteiger partial charge is 0.367 e. The number of fused-ring (bicyclic) bond motifs is 3. The number of aryl methyl sites for hydroxylation is 2. The SMILES string of the molecule is Cn1nc(-c2cc[nH]c2)c2c3c(c(=O)[nH]c21)CCCC3. The zero-order valence-corrected chi connectivity index (χ0v) is 11.4. The van der Waals surface area contributed by atoms with E-state index in [-0.39, 0.29) is 5.56 Å². The minimum Gasteiger partial charge on any atom is -0.367 e. The maximum absolute atomic E-state index is 12.2. The van der Waals surface area contributed by atoms with Crippen molar-refractivity contribution >= 4 is 11.0 Å². The molecule has 0 radical (unpaired) electrons. The number of aromatic nitrogens is 4. The Labute approximate surface area is 115 Å². The molecule has 0 amide bonds. The molecule has 20 heavy (non-hydrogen) atoms. The van der Waals surface area contributed by atoms with Crippen molar-refractivity contribution in [3.63, 3.8) is 0 Å². The Kier molecular flexibility index (Phi) is 2.36. The van der Waals surface area contributed by atoms with Crippen LogP contribution in [0.15, 0.2) is 23.3 Å². The lowest BCUT2D eigenvalue weighted by Gasteiger charge is -2.15. The lowest BCUT2D eigenvalue weighted by atomic mass is 9.90. The van der Waals surface area contributed by atoms with Crippen LogP contribution in [0.25, 0.3) is 22.3 Å². The third-order valence-electron chi connectivity index (χ3n) is 4.19. The first-order valence-electron chi connectivity index (χ1n) is 6.99. The molecule has 5 heteroatoms. The van der Waals surface area contributed by atoms with E-state index in [1.807, 2.05) is 25.5 Å². The summed E-state index contributed by atoms with van der Waals surface area (Å²) in [6.45, 7) is 0. The molecular formula is C15H16N4O. The summed E-state index contributed by atoms with van der Waals surface area (Å²) < 4.78 is 1.77. The monoisotopic (exact) mass is 268 g/mol. The van der Waals surface area contributed by atoms with Gasteiger partial charge in [-0.1, -0.05) is 0 Å². The number of pyridine rings is 1. The number of H-pyrrole nitrogens is 2. The van der Waals surface area contributed by atoms with Crippen LogP contribution in [0.4, 0.5) is 0 Å². The van der Waals surface area contributed by atoms with Gasteiger partial charge in [0.25, 0.3) is 5.56 Å². The van der Waals surface area contributed by atoms with Crippen molar-refractivity contribution < 1.29 is 0 Å². The molecule has 0 atom stereocenters. The summed E-state index contributed by atoms with van der Waals surface area (Å²) in [5.74, 6) is 0. The van der Waals surface area contributed by atoms with Crippen molar-refractivity contribution in [3.05, 3.63) is 39.9 Å². The molecule has 4 rings (SSSR count). The van der Waals surface area contributed by atoms with E-state index in [4.69, 9.17) is 0 Å². The predicted molar refractivity (Wildman–Crippen MR) is 77.8 cm³/mol. The Morgan fingerprint density at radius 1 is 1.25 bits per heavy atom. The number of nitrogens with zero attached hydrogens (tertiary/aromatic N) is 2. The third kappa shape index (κ3) is 1.49. The summed E-state index contributed by atoms with van der Waals surface area (Å²) >= 11 is 0. The Hall–Kier alpha value is -2.30. The molecule has 102 valence electrons. The van der Waals surface area contributed by atoms with Crippen LogP contribution in [0.3, 0.4) is 0 Å². The molecule has 1 aliphatic rings. The Balaban J connectivity index is 2.14. The van der Waals surface area contributed by atoms with E-state index < -0.39 is 0 Å². The van der Waals surface area contributed by atoms with E-state index in [2.05, 4.69) is 15.1 Å². The predicted octanol–water partition coefficient (Wildman–Crippen LogP) is 2.14. The van der Waals surface area contributed by atoms with Gasteiger partial charge in [-0.3, -0.25) is 9.48 Å². The van der Waals surface area contributed by atoms with Crippen LogP contribution in [0.5, 0.6) is 0 Å². The summed E-state index contributed by atoms with van der Waals surface area (Å²) in [5.41, 5.74) is 5.05. The molecule has 0 unspecified atom stereocenters. The quantitative estimate of drug-likeness (QED) is 0.710. The number of hydrogen-bond acceptors (Lipinski definition) is 2. The first-order chi connectivity index (χ1) is 9.75. The highest BCUT2D eigenvalue weighted by atomic mass is 16.1. The molecule has 0 spiro atoms. The summed E-state index contributed by atoms with van der Waals surface area (Å²) in [5, 5.41) is 5.72. The maximum atomic E-state index is 12.2. The van der Waals surface area contributed by atoms with Gasteiger partial charge < -0.3 is 9.97 Å². The van der Waals surface area contributed by atoms with E-state index >= 15 is 0 Å². The second-order valence-corrected chi connectivity index (χ2v) is 5.41. The van der Waals surface area contributed by atoms with E-state index in [1.165, 1.54) is 5.56 Å². The fourth-order valence-electron chi connectivity index (χ4n) is 3.24. The van der Waals surface area contributed by atoms with Crippen molar-refractivity contribution in [1.82, 2.24) is 19.7 Å². The molecule has 3 heterocycles. The first kappa shape index (κ1) is 11.5. The van der Waals surface area contributed by atoms with Gasteiger partial charge in [-0.2, -0.15) is 5.10 Å². The fourth-order valence-corrected chi connectivity index (χ4v) is 3.24. The van der Waals surface area contributed by atoms with Crippen LogP contribution < -0.4 is 5.56 Å². The average molecular weight is 268 g/mol. The topological polar surface area (TPSA) is 66.5 Å². The summed E-state index contributed by atoms with van der Waals surface area (Å²) in [6.07, 6.45) is 7.94. The molecule has 3 aromatic rings. The van der Waals surface area contributed by atoms with Gasteiger partial charge in [0.15, 0.2) is 0 Å². The standard InChI is InChI=1S/C15H16N4O/c1-19-14-12(13(18-19)9-6-7-16-8-9)10-4-2-3-5-11(10)15(20)17-14/h6-8,16H,2-5H2,1H3,(H,17,20). The molecule has 0 saturated heterocycles. The highest BCUT2D eigenvalue weighted by molar-refractivity contribution is 5.94. The zero-order chi connectivity index (χ0) is 13.7. The Morgan fingerprint density at radius 3 is 2.80 bits per heavy atom. The highest BCUT2D eigenvalue weighted by Crippen LogP contribution is 2.32. The average Bonchev–Trinajstić information content (AvgIpc) is 3.08. The molecule has 0 saturated carbocycles. The van der Waals surface area contributed by atoms with Crippen molar-refractivity contribution in [2.75, 3.05) is 0 Å². The van der Waals surface area contributed by atoms with Crippen molar-refractivity contribution in [2.45, 2.75) is 25.7 Å². The van der Waals surface area contributed by atoms with Gasteiger partial charge >= 0.3 is 0 Å². The second-order valence-electron chi connectivity index (χ2n) is 5.41. The summed E-state index contributed by atoms with van der Waals surface area (Å²) in [4.78, 5) is 18.3. The van der Waals surface area contributed by atoms with Crippen LogP contribution in [0, 0.1) is 0 Å². The normalized spacial score (nSPS) is 14.7. The minimum absolute atomic E-state index is 0.0517. The van der Waals surface area contributed by atoms with Crippen LogP contribution in [-0.4, -0.2) is 19.7 Å². The summed E-state index contributed by atoms with van der Waals surface area (Å²) in [7, 11) is 1.88. The second kappa shape index (κ2) is 4.10. The van der Waals surface area contributed by atoms with Gasteiger partial charge in [0.1, 0.15) is 11.3 Å². The lowest BCUT2D eigenvalue weighted by molar-refractivity contribution is 0.681. The van der Waals surface area contributed by atoms with Crippen LogP contribution in [0.1, 0.15) is 24.0 Å². The van der Waals surface area contributed by atoms with Crippen molar-refractivity contribution in [2.24, 2.45) is 7.05 Å². The van der Waals surface area contributed by atoms with Crippen LogP contribution >= 0.6 is 0 Å². The highest BCUT2D eigenvalue weighted by Gasteiger charge is 2.22. The number of rotatable bonds is 1. The molecular weight excluding hydrogens is 252 g/mol. The van der Waals surface area contributed by atoms with E-state index in [0.29, 0.717) is 0 Å². The van der Waals surface area contributed by atoms with Gasteiger partial charge in [0, 0.05) is 36.0 Å². The van der Waals surface area contributed by atoms with Crippen LogP contribution in [-0.2, 0) is 19.9 Å². The molecule has 2 N–H and O–H groups in total. The molecule has 3 aromatic heterocycles. The van der Waals surface area contributed by atoms with Gasteiger partial charge in [-0.15, -0.1) is 0 Å².